The van der Waals surface area contributed by atoms with E-state index in [0.717, 1.165) is 18.4 Å². The fraction of sp³-hybridized carbons (Fsp3) is 0.529. The van der Waals surface area contributed by atoms with Gasteiger partial charge in [0, 0.05) is 19.8 Å². The minimum Gasteiger partial charge on any atom is -0.381 e. The van der Waals surface area contributed by atoms with Crippen molar-refractivity contribution in [3.63, 3.8) is 0 Å². The lowest BCUT2D eigenvalue weighted by Crippen LogP contribution is -2.51. The lowest BCUT2D eigenvalue weighted by molar-refractivity contribution is -0.134. The Morgan fingerprint density at radius 2 is 1.74 bits per heavy atom. The van der Waals surface area contributed by atoms with E-state index in [2.05, 4.69) is 5.32 Å². The van der Waals surface area contributed by atoms with Gasteiger partial charge in [0.05, 0.1) is 10.8 Å². The van der Waals surface area contributed by atoms with Crippen LogP contribution in [0, 0.1) is 11.2 Å². The van der Waals surface area contributed by atoms with Crippen LogP contribution in [0.15, 0.2) is 24.3 Å². The molecule has 1 saturated carbocycles. The number of carbonyl (C=O) groups is 2. The zero-order valence-corrected chi connectivity index (χ0v) is 12.9. The maximum absolute atomic E-state index is 13.1. The van der Waals surface area contributed by atoms with Crippen LogP contribution in [-0.4, -0.2) is 31.6 Å². The number of hydrogen-bond acceptors (Lipinski definition) is 3. The standard InChI is InChI=1S/C17H21FN2O3/c18-13-3-1-12(2-4-13)17(5-6-17)15(22)20-11-16(14(19)21)7-9-23-10-8-16/h1-4H,5-11H2,(H2,19,21)(H,20,22). The predicted octanol–water partition coefficient (Wildman–Crippen LogP) is 1.26. The average molecular weight is 320 g/mol. The molecule has 1 aromatic rings. The van der Waals surface area contributed by atoms with Gasteiger partial charge in [0.15, 0.2) is 0 Å². The van der Waals surface area contributed by atoms with E-state index in [-0.39, 0.29) is 18.3 Å². The van der Waals surface area contributed by atoms with Crippen LogP contribution in [0.3, 0.4) is 0 Å². The first-order valence-electron chi connectivity index (χ1n) is 7.91. The number of nitrogens with two attached hydrogens (primary N) is 1. The monoisotopic (exact) mass is 320 g/mol. The van der Waals surface area contributed by atoms with Crippen LogP contribution in [0.25, 0.3) is 0 Å². The molecule has 3 N–H and O–H groups in total. The Labute approximate surface area is 134 Å². The van der Waals surface area contributed by atoms with Crippen molar-refractivity contribution in [3.05, 3.63) is 35.6 Å². The van der Waals surface area contributed by atoms with Gasteiger partial charge >= 0.3 is 0 Å². The lowest BCUT2D eigenvalue weighted by Gasteiger charge is -2.34. The molecule has 1 saturated heterocycles. The van der Waals surface area contributed by atoms with E-state index >= 15 is 0 Å². The van der Waals surface area contributed by atoms with Crippen molar-refractivity contribution < 1.29 is 18.7 Å². The van der Waals surface area contributed by atoms with E-state index in [4.69, 9.17) is 10.5 Å². The van der Waals surface area contributed by atoms with E-state index in [9.17, 15) is 14.0 Å². The molecule has 2 fully saturated rings. The summed E-state index contributed by atoms with van der Waals surface area (Å²) < 4.78 is 18.3. The topological polar surface area (TPSA) is 81.4 Å². The summed E-state index contributed by atoms with van der Waals surface area (Å²) in [6.45, 7) is 1.18. The molecule has 23 heavy (non-hydrogen) atoms. The minimum atomic E-state index is -0.729. The van der Waals surface area contributed by atoms with Gasteiger partial charge in [-0.3, -0.25) is 9.59 Å². The number of hydrogen-bond donors (Lipinski definition) is 2. The third-order valence-corrected chi connectivity index (χ3v) is 5.14. The van der Waals surface area contributed by atoms with Gasteiger partial charge in [0.2, 0.25) is 11.8 Å². The molecule has 1 aliphatic heterocycles. The number of rotatable bonds is 5. The molecule has 5 nitrogen and oxygen atoms in total. The van der Waals surface area contributed by atoms with Gasteiger partial charge in [-0.2, -0.15) is 0 Å². The third-order valence-electron chi connectivity index (χ3n) is 5.14. The average Bonchev–Trinajstić information content (AvgIpc) is 3.36. The smallest absolute Gasteiger partial charge is 0.230 e. The van der Waals surface area contributed by atoms with Crippen molar-refractivity contribution in [1.82, 2.24) is 5.32 Å². The highest BCUT2D eigenvalue weighted by Crippen LogP contribution is 2.48. The first-order valence-corrected chi connectivity index (χ1v) is 7.91. The van der Waals surface area contributed by atoms with E-state index in [1.54, 1.807) is 12.1 Å². The molecule has 3 rings (SSSR count). The van der Waals surface area contributed by atoms with E-state index in [0.29, 0.717) is 26.1 Å². The number of ether oxygens (including phenoxy) is 1. The SMILES string of the molecule is NC(=O)C1(CNC(=O)C2(c3ccc(F)cc3)CC2)CCOCC1. The Morgan fingerprint density at radius 3 is 2.26 bits per heavy atom. The van der Waals surface area contributed by atoms with Crippen LogP contribution in [0.2, 0.25) is 0 Å². The van der Waals surface area contributed by atoms with Gasteiger partial charge < -0.3 is 15.8 Å². The molecule has 2 aliphatic rings. The number of amides is 2. The van der Waals surface area contributed by atoms with Crippen molar-refractivity contribution in [2.24, 2.45) is 11.1 Å². The van der Waals surface area contributed by atoms with E-state index in [1.807, 2.05) is 0 Å². The normalized spacial score (nSPS) is 21.4. The lowest BCUT2D eigenvalue weighted by atomic mass is 9.79. The maximum Gasteiger partial charge on any atom is 0.230 e. The van der Waals surface area contributed by atoms with Crippen LogP contribution >= 0.6 is 0 Å². The molecule has 0 unspecified atom stereocenters. The third kappa shape index (κ3) is 2.95. The quantitative estimate of drug-likeness (QED) is 0.857. The van der Waals surface area contributed by atoms with Crippen LogP contribution in [-0.2, 0) is 19.7 Å². The van der Waals surface area contributed by atoms with Crippen LogP contribution < -0.4 is 11.1 Å². The molecule has 1 aliphatic carbocycles. The summed E-state index contributed by atoms with van der Waals surface area (Å²) in [5.74, 6) is -0.830. The van der Waals surface area contributed by atoms with E-state index < -0.39 is 16.7 Å². The van der Waals surface area contributed by atoms with Gasteiger partial charge in [0.25, 0.3) is 0 Å². The second-order valence-corrected chi connectivity index (χ2v) is 6.53. The summed E-state index contributed by atoms with van der Waals surface area (Å²) in [6.07, 6.45) is 2.51. The summed E-state index contributed by atoms with van der Waals surface area (Å²) in [6, 6.07) is 6.04. The second-order valence-electron chi connectivity index (χ2n) is 6.53. The van der Waals surface area contributed by atoms with Crippen LogP contribution in [0.5, 0.6) is 0 Å². The van der Waals surface area contributed by atoms with Crippen molar-refractivity contribution >= 4 is 11.8 Å². The van der Waals surface area contributed by atoms with E-state index in [1.165, 1.54) is 12.1 Å². The Balaban J connectivity index is 1.69. The molecule has 1 heterocycles. The van der Waals surface area contributed by atoms with Gasteiger partial charge in [-0.1, -0.05) is 12.1 Å². The van der Waals surface area contributed by atoms with Crippen molar-refractivity contribution in [1.29, 1.82) is 0 Å². The number of primary amides is 1. The minimum absolute atomic E-state index is 0.115. The Morgan fingerprint density at radius 1 is 1.13 bits per heavy atom. The highest BCUT2D eigenvalue weighted by Gasteiger charge is 2.52. The molecule has 124 valence electrons. The Hall–Kier alpha value is -1.95. The first-order chi connectivity index (χ1) is 11.0. The summed E-state index contributed by atoms with van der Waals surface area (Å²) in [5.41, 5.74) is 5.05. The zero-order valence-electron chi connectivity index (χ0n) is 12.9. The summed E-state index contributed by atoms with van der Waals surface area (Å²) in [7, 11) is 0. The molecule has 0 aromatic heterocycles. The van der Waals surface area contributed by atoms with Crippen LogP contribution in [0.4, 0.5) is 4.39 Å². The first kappa shape index (κ1) is 15.9. The maximum atomic E-state index is 13.1. The van der Waals surface area contributed by atoms with Crippen molar-refractivity contribution in [2.75, 3.05) is 19.8 Å². The molecule has 0 bridgehead atoms. The molecule has 0 radical (unpaired) electrons. The highest BCUT2D eigenvalue weighted by atomic mass is 19.1. The molecule has 1 aromatic carbocycles. The molecule has 0 atom stereocenters. The largest absolute Gasteiger partial charge is 0.381 e. The summed E-state index contributed by atoms with van der Waals surface area (Å²) in [4.78, 5) is 24.5. The van der Waals surface area contributed by atoms with Crippen molar-refractivity contribution in [2.45, 2.75) is 31.1 Å². The van der Waals surface area contributed by atoms with Gasteiger partial charge in [-0.15, -0.1) is 0 Å². The molecule has 6 heteroatoms. The summed E-state index contributed by atoms with van der Waals surface area (Å²) in [5, 5.41) is 2.90. The fourth-order valence-electron chi connectivity index (χ4n) is 3.23. The number of carbonyl (C=O) groups excluding carboxylic acids is 2. The van der Waals surface area contributed by atoms with Gasteiger partial charge in [0.1, 0.15) is 5.82 Å². The molecule has 2 amide bonds. The van der Waals surface area contributed by atoms with Gasteiger partial charge in [-0.05, 0) is 43.4 Å². The fourth-order valence-corrected chi connectivity index (χ4v) is 3.23. The number of nitrogens with one attached hydrogen (secondary N) is 1. The highest BCUT2D eigenvalue weighted by molar-refractivity contribution is 5.92. The molecular weight excluding hydrogens is 299 g/mol. The number of halogens is 1. The molecule has 0 spiro atoms. The van der Waals surface area contributed by atoms with Gasteiger partial charge in [-0.25, -0.2) is 4.39 Å². The number of benzene rings is 1. The Bertz CT molecular complexity index is 605. The zero-order chi connectivity index (χ0) is 16.5. The van der Waals surface area contributed by atoms with Crippen molar-refractivity contribution in [3.8, 4) is 0 Å². The van der Waals surface area contributed by atoms with Crippen LogP contribution in [0.1, 0.15) is 31.2 Å². The molecular formula is C17H21FN2O3. The second kappa shape index (κ2) is 5.92. The Kier molecular flexibility index (Phi) is 4.10. The summed E-state index contributed by atoms with van der Waals surface area (Å²) >= 11 is 0. The predicted molar refractivity (Wildman–Crippen MR) is 82.0 cm³/mol.